The van der Waals surface area contributed by atoms with E-state index in [0.29, 0.717) is 18.7 Å². The Morgan fingerprint density at radius 2 is 1.95 bits per heavy atom. The predicted molar refractivity (Wildman–Crippen MR) is 74.9 cm³/mol. The zero-order valence-corrected chi connectivity index (χ0v) is 11.6. The number of carboxylic acids is 1. The summed E-state index contributed by atoms with van der Waals surface area (Å²) < 4.78 is 0. The molecular formula is C14H20N2O4. The molecule has 0 saturated carbocycles. The Balaban J connectivity index is 2.23. The van der Waals surface area contributed by atoms with Crippen LogP contribution in [0.25, 0.3) is 0 Å². The van der Waals surface area contributed by atoms with Crippen molar-refractivity contribution in [2.75, 3.05) is 6.54 Å². The average molecular weight is 280 g/mol. The van der Waals surface area contributed by atoms with Gasteiger partial charge in [0.2, 0.25) is 0 Å². The van der Waals surface area contributed by atoms with Crippen LogP contribution < -0.4 is 10.7 Å². The molecule has 1 heterocycles. The third kappa shape index (κ3) is 5.69. The summed E-state index contributed by atoms with van der Waals surface area (Å²) in [5.41, 5.74) is 0.534. The van der Waals surface area contributed by atoms with Crippen LogP contribution in [0.15, 0.2) is 17.1 Å². The van der Waals surface area contributed by atoms with Gasteiger partial charge in [-0.3, -0.25) is 14.4 Å². The maximum Gasteiger partial charge on any atom is 0.303 e. The number of carbonyl (C=O) groups is 2. The van der Waals surface area contributed by atoms with Gasteiger partial charge in [-0.2, -0.15) is 0 Å². The summed E-state index contributed by atoms with van der Waals surface area (Å²) in [5.74, 6) is -1.16. The topological polar surface area (TPSA) is 99.3 Å². The number of aromatic amines is 1. The van der Waals surface area contributed by atoms with E-state index in [-0.39, 0.29) is 23.3 Å². The summed E-state index contributed by atoms with van der Waals surface area (Å²) in [6.45, 7) is 2.24. The van der Waals surface area contributed by atoms with E-state index in [9.17, 15) is 14.4 Å². The Kier molecular flexibility index (Phi) is 6.49. The smallest absolute Gasteiger partial charge is 0.303 e. The molecule has 0 unspecified atom stereocenters. The summed E-state index contributed by atoms with van der Waals surface area (Å²) in [7, 11) is 0. The minimum Gasteiger partial charge on any atom is -0.481 e. The number of amides is 1. The van der Waals surface area contributed by atoms with E-state index in [1.165, 1.54) is 12.3 Å². The first kappa shape index (κ1) is 15.9. The minimum absolute atomic E-state index is 0.112. The van der Waals surface area contributed by atoms with E-state index in [1.54, 1.807) is 6.92 Å². The van der Waals surface area contributed by atoms with Crippen LogP contribution >= 0.6 is 0 Å². The van der Waals surface area contributed by atoms with Crippen molar-refractivity contribution in [2.24, 2.45) is 0 Å². The van der Waals surface area contributed by atoms with Crippen LogP contribution in [0.5, 0.6) is 0 Å². The second kappa shape index (κ2) is 8.14. The lowest BCUT2D eigenvalue weighted by Gasteiger charge is -2.05. The molecule has 20 heavy (non-hydrogen) atoms. The number of pyridine rings is 1. The lowest BCUT2D eigenvalue weighted by Crippen LogP contribution is -2.29. The molecule has 0 aliphatic carbocycles. The van der Waals surface area contributed by atoms with E-state index in [1.807, 2.05) is 0 Å². The summed E-state index contributed by atoms with van der Waals surface area (Å²) in [6.07, 6.45) is 4.71. The zero-order chi connectivity index (χ0) is 15.0. The molecule has 0 bridgehead atoms. The van der Waals surface area contributed by atoms with Crippen LogP contribution in [-0.2, 0) is 4.79 Å². The summed E-state index contributed by atoms with van der Waals surface area (Å²) in [6, 6.07) is 1.39. The van der Waals surface area contributed by atoms with Gasteiger partial charge in [0, 0.05) is 30.9 Å². The lowest BCUT2D eigenvalue weighted by molar-refractivity contribution is -0.137. The molecule has 0 aromatic carbocycles. The number of aliphatic carboxylic acids is 1. The van der Waals surface area contributed by atoms with Crippen LogP contribution in [0, 0.1) is 6.92 Å². The van der Waals surface area contributed by atoms with Gasteiger partial charge in [-0.1, -0.05) is 12.8 Å². The highest BCUT2D eigenvalue weighted by Gasteiger charge is 2.09. The highest BCUT2D eigenvalue weighted by atomic mass is 16.4. The summed E-state index contributed by atoms with van der Waals surface area (Å²) in [5, 5.41) is 11.2. The summed E-state index contributed by atoms with van der Waals surface area (Å²) in [4.78, 5) is 36.5. The fourth-order valence-corrected chi connectivity index (χ4v) is 1.80. The van der Waals surface area contributed by atoms with Crippen molar-refractivity contribution in [2.45, 2.75) is 39.0 Å². The van der Waals surface area contributed by atoms with Crippen LogP contribution in [0.3, 0.4) is 0 Å². The number of rotatable bonds is 8. The molecule has 0 atom stereocenters. The van der Waals surface area contributed by atoms with E-state index < -0.39 is 5.97 Å². The normalized spacial score (nSPS) is 10.2. The third-order valence-electron chi connectivity index (χ3n) is 2.90. The zero-order valence-electron chi connectivity index (χ0n) is 11.6. The van der Waals surface area contributed by atoms with Crippen molar-refractivity contribution in [3.05, 3.63) is 33.7 Å². The molecule has 0 fully saturated rings. The van der Waals surface area contributed by atoms with Crippen molar-refractivity contribution in [1.29, 1.82) is 0 Å². The number of aryl methyl sites for hydroxylation is 1. The predicted octanol–water partition coefficient (Wildman–Crippen LogP) is 1.45. The Bertz CT molecular complexity index is 522. The van der Waals surface area contributed by atoms with Crippen LogP contribution in [0.1, 0.15) is 48.2 Å². The number of hydrogen-bond donors (Lipinski definition) is 3. The van der Waals surface area contributed by atoms with Crippen molar-refractivity contribution in [1.82, 2.24) is 10.3 Å². The SMILES string of the molecule is Cc1cc(=O)c(C(=O)NCCCCCCC(=O)O)c[nH]1. The number of carboxylic acid groups (broad SMARTS) is 1. The quantitative estimate of drug-likeness (QED) is 0.627. The van der Waals surface area contributed by atoms with E-state index >= 15 is 0 Å². The maximum atomic E-state index is 11.7. The Morgan fingerprint density at radius 1 is 1.25 bits per heavy atom. The molecule has 0 spiro atoms. The highest BCUT2D eigenvalue weighted by molar-refractivity contribution is 5.93. The second-order valence-electron chi connectivity index (χ2n) is 4.71. The van der Waals surface area contributed by atoms with Gasteiger partial charge in [0.05, 0.1) is 0 Å². The number of nitrogens with one attached hydrogen (secondary N) is 2. The van der Waals surface area contributed by atoms with Crippen molar-refractivity contribution >= 4 is 11.9 Å². The highest BCUT2D eigenvalue weighted by Crippen LogP contribution is 2.02. The van der Waals surface area contributed by atoms with E-state index in [2.05, 4.69) is 10.3 Å². The number of unbranched alkanes of at least 4 members (excludes halogenated alkanes) is 3. The minimum atomic E-state index is -0.781. The molecule has 1 rings (SSSR count). The Hall–Kier alpha value is -2.11. The van der Waals surface area contributed by atoms with Crippen molar-refractivity contribution < 1.29 is 14.7 Å². The van der Waals surface area contributed by atoms with Gasteiger partial charge in [0.15, 0.2) is 5.43 Å². The van der Waals surface area contributed by atoms with Gasteiger partial charge in [0.25, 0.3) is 5.91 Å². The number of carbonyl (C=O) groups excluding carboxylic acids is 1. The monoisotopic (exact) mass is 280 g/mol. The third-order valence-corrected chi connectivity index (χ3v) is 2.90. The van der Waals surface area contributed by atoms with Gasteiger partial charge in [0.1, 0.15) is 5.56 Å². The molecule has 1 aromatic rings. The van der Waals surface area contributed by atoms with Crippen molar-refractivity contribution in [3.63, 3.8) is 0 Å². The lowest BCUT2D eigenvalue weighted by atomic mass is 10.1. The second-order valence-corrected chi connectivity index (χ2v) is 4.71. The molecule has 0 radical (unpaired) electrons. The molecule has 1 aromatic heterocycles. The van der Waals surface area contributed by atoms with Crippen molar-refractivity contribution in [3.8, 4) is 0 Å². The standard InChI is InChI=1S/C14H20N2O4/c1-10-8-12(17)11(9-16-10)14(20)15-7-5-3-2-4-6-13(18)19/h8-9H,2-7H2,1H3,(H,15,20)(H,16,17)(H,18,19). The van der Waals surface area contributed by atoms with E-state index in [4.69, 9.17) is 5.11 Å². The molecular weight excluding hydrogens is 260 g/mol. The maximum absolute atomic E-state index is 11.7. The molecule has 1 amide bonds. The van der Waals surface area contributed by atoms with Crippen LogP contribution in [0.2, 0.25) is 0 Å². The van der Waals surface area contributed by atoms with Gasteiger partial charge >= 0.3 is 5.97 Å². The van der Waals surface area contributed by atoms with Gasteiger partial charge in [-0.15, -0.1) is 0 Å². The van der Waals surface area contributed by atoms with Gasteiger partial charge in [-0.25, -0.2) is 0 Å². The number of aromatic nitrogens is 1. The van der Waals surface area contributed by atoms with Gasteiger partial charge < -0.3 is 15.4 Å². The van der Waals surface area contributed by atoms with Crippen LogP contribution in [-0.4, -0.2) is 28.5 Å². The molecule has 6 nitrogen and oxygen atoms in total. The molecule has 6 heteroatoms. The summed E-state index contributed by atoms with van der Waals surface area (Å²) >= 11 is 0. The first-order valence-corrected chi connectivity index (χ1v) is 6.70. The Morgan fingerprint density at radius 3 is 2.60 bits per heavy atom. The van der Waals surface area contributed by atoms with E-state index in [0.717, 1.165) is 19.3 Å². The number of hydrogen-bond acceptors (Lipinski definition) is 3. The molecule has 3 N–H and O–H groups in total. The Labute approximate surface area is 117 Å². The molecule has 0 saturated heterocycles. The molecule has 0 aliphatic heterocycles. The number of H-pyrrole nitrogens is 1. The first-order valence-electron chi connectivity index (χ1n) is 6.70. The molecule has 110 valence electrons. The van der Waals surface area contributed by atoms with Crippen LogP contribution in [0.4, 0.5) is 0 Å². The first-order chi connectivity index (χ1) is 9.50. The average Bonchev–Trinajstić information content (AvgIpc) is 2.37. The fourth-order valence-electron chi connectivity index (χ4n) is 1.80. The fraction of sp³-hybridized carbons (Fsp3) is 0.500. The largest absolute Gasteiger partial charge is 0.481 e. The van der Waals surface area contributed by atoms with Gasteiger partial charge in [-0.05, 0) is 19.8 Å². The molecule has 0 aliphatic rings.